The number of carbonyl (C=O) groups is 1. The van der Waals surface area contributed by atoms with E-state index in [0.717, 1.165) is 24.8 Å². The van der Waals surface area contributed by atoms with Gasteiger partial charge in [-0.3, -0.25) is 0 Å². The lowest BCUT2D eigenvalue weighted by molar-refractivity contribution is 0.0983. The van der Waals surface area contributed by atoms with Crippen molar-refractivity contribution in [1.29, 1.82) is 0 Å². The second-order valence-electron chi connectivity index (χ2n) is 6.57. The molecule has 0 saturated carbocycles. The lowest BCUT2D eigenvalue weighted by Gasteiger charge is -2.31. The number of rotatable bonds is 7. The fourth-order valence-electron chi connectivity index (χ4n) is 3.04. The molecule has 0 bridgehead atoms. The first-order valence-electron chi connectivity index (χ1n) is 9.50. The molecule has 150 valence electrons. The van der Waals surface area contributed by atoms with E-state index in [1.54, 1.807) is 30.2 Å². The fourth-order valence-corrected chi connectivity index (χ4v) is 3.04. The van der Waals surface area contributed by atoms with E-state index >= 15 is 0 Å². The Morgan fingerprint density at radius 2 is 2.04 bits per heavy atom. The van der Waals surface area contributed by atoms with Gasteiger partial charge in [0.25, 0.3) is 0 Å². The number of nitrogens with one attached hydrogen (secondary N) is 2. The monoisotopic (exact) mass is 388 g/mol. The zero-order valence-electron chi connectivity index (χ0n) is 15.9. The van der Waals surface area contributed by atoms with Crippen LogP contribution in [0.1, 0.15) is 25.3 Å². The standard InChI is InChI=1S/C19H25FN6O2/c1-2-28-19(27)26-11-8-16(9-12-26)23-18-24-17(13-22-25-18)21-10-7-14-3-5-15(20)6-4-14/h3-6,13,16H,2,7-12H2,1H3,(H2,21,23,24,25). The third-order valence-electron chi connectivity index (χ3n) is 4.55. The minimum atomic E-state index is -0.258. The van der Waals surface area contributed by atoms with Crippen LogP contribution >= 0.6 is 0 Å². The number of nitrogens with zero attached hydrogens (tertiary/aromatic N) is 4. The van der Waals surface area contributed by atoms with Crippen molar-refractivity contribution in [3.63, 3.8) is 0 Å². The maximum absolute atomic E-state index is 12.9. The number of likely N-dealkylation sites (tertiary alicyclic amines) is 1. The molecule has 8 nitrogen and oxygen atoms in total. The van der Waals surface area contributed by atoms with Gasteiger partial charge in [0, 0.05) is 25.7 Å². The summed E-state index contributed by atoms with van der Waals surface area (Å²) in [7, 11) is 0. The minimum Gasteiger partial charge on any atom is -0.450 e. The Morgan fingerprint density at radius 3 is 2.75 bits per heavy atom. The Hall–Kier alpha value is -2.97. The van der Waals surface area contributed by atoms with Crippen LogP contribution in [-0.2, 0) is 11.2 Å². The van der Waals surface area contributed by atoms with E-state index in [2.05, 4.69) is 25.8 Å². The Labute approximate surface area is 163 Å². The Bertz CT molecular complexity index is 765. The summed E-state index contributed by atoms with van der Waals surface area (Å²) < 4.78 is 18.0. The van der Waals surface area contributed by atoms with Crippen molar-refractivity contribution in [2.24, 2.45) is 0 Å². The molecule has 9 heteroatoms. The Morgan fingerprint density at radius 1 is 1.29 bits per heavy atom. The van der Waals surface area contributed by atoms with Gasteiger partial charge in [0.1, 0.15) is 5.82 Å². The van der Waals surface area contributed by atoms with Gasteiger partial charge < -0.3 is 20.3 Å². The van der Waals surface area contributed by atoms with Crippen molar-refractivity contribution in [3.05, 3.63) is 41.8 Å². The number of carbonyl (C=O) groups excluding carboxylic acids is 1. The summed E-state index contributed by atoms with van der Waals surface area (Å²) in [6.07, 6.45) is 3.65. The molecular formula is C19H25FN6O2. The van der Waals surface area contributed by atoms with Gasteiger partial charge in [0.15, 0.2) is 5.82 Å². The average Bonchev–Trinajstić information content (AvgIpc) is 2.71. The van der Waals surface area contributed by atoms with E-state index in [1.807, 2.05) is 0 Å². The summed E-state index contributed by atoms with van der Waals surface area (Å²) in [4.78, 5) is 17.9. The zero-order valence-corrected chi connectivity index (χ0v) is 15.9. The van der Waals surface area contributed by atoms with Gasteiger partial charge in [-0.1, -0.05) is 12.1 Å². The van der Waals surface area contributed by atoms with Gasteiger partial charge in [-0.25, -0.2) is 9.18 Å². The molecule has 3 rings (SSSR count). The molecule has 0 aliphatic carbocycles. The second-order valence-corrected chi connectivity index (χ2v) is 6.57. The highest BCUT2D eigenvalue weighted by Crippen LogP contribution is 2.15. The van der Waals surface area contributed by atoms with Gasteiger partial charge in [-0.2, -0.15) is 10.1 Å². The molecule has 2 N–H and O–H groups in total. The Kier molecular flexibility index (Phi) is 6.94. The number of piperidine rings is 1. The number of anilines is 2. The van der Waals surface area contributed by atoms with E-state index < -0.39 is 0 Å². The first-order chi connectivity index (χ1) is 13.6. The molecule has 1 aromatic heterocycles. The maximum atomic E-state index is 12.9. The van der Waals surface area contributed by atoms with Gasteiger partial charge in [-0.05, 0) is 43.9 Å². The van der Waals surface area contributed by atoms with E-state index in [1.165, 1.54) is 12.1 Å². The van der Waals surface area contributed by atoms with E-state index in [9.17, 15) is 9.18 Å². The number of benzene rings is 1. The van der Waals surface area contributed by atoms with Crippen LogP contribution < -0.4 is 10.6 Å². The van der Waals surface area contributed by atoms with Crippen molar-refractivity contribution in [2.75, 3.05) is 36.9 Å². The zero-order chi connectivity index (χ0) is 19.8. The van der Waals surface area contributed by atoms with Crippen LogP contribution in [0.15, 0.2) is 30.5 Å². The SMILES string of the molecule is CCOC(=O)N1CCC(Nc2nncc(NCCc3ccc(F)cc3)n2)CC1. The minimum absolute atomic E-state index is 0.182. The summed E-state index contributed by atoms with van der Waals surface area (Å²) in [6.45, 7) is 4.12. The molecule has 1 fully saturated rings. The van der Waals surface area contributed by atoms with Gasteiger partial charge in [0.05, 0.1) is 12.8 Å². The molecule has 1 saturated heterocycles. The molecule has 1 aromatic carbocycles. The average molecular weight is 388 g/mol. The predicted molar refractivity (Wildman–Crippen MR) is 104 cm³/mol. The van der Waals surface area contributed by atoms with Gasteiger partial charge in [0.2, 0.25) is 5.95 Å². The van der Waals surface area contributed by atoms with Crippen LogP contribution in [-0.4, -0.2) is 58.5 Å². The van der Waals surface area contributed by atoms with Crippen LogP contribution in [0.4, 0.5) is 21.0 Å². The molecule has 0 unspecified atom stereocenters. The van der Waals surface area contributed by atoms with Crippen molar-refractivity contribution >= 4 is 17.9 Å². The van der Waals surface area contributed by atoms with Crippen molar-refractivity contribution in [3.8, 4) is 0 Å². The van der Waals surface area contributed by atoms with Crippen LogP contribution in [0.5, 0.6) is 0 Å². The lowest BCUT2D eigenvalue weighted by atomic mass is 10.1. The van der Waals surface area contributed by atoms with E-state index in [4.69, 9.17) is 4.74 Å². The summed E-state index contributed by atoms with van der Waals surface area (Å²) in [5.74, 6) is 0.852. The molecule has 1 aliphatic heterocycles. The number of ether oxygens (including phenoxy) is 1. The van der Waals surface area contributed by atoms with Crippen LogP contribution in [0, 0.1) is 5.82 Å². The van der Waals surface area contributed by atoms with Gasteiger partial charge >= 0.3 is 6.09 Å². The smallest absolute Gasteiger partial charge is 0.409 e. The number of halogens is 1. The molecule has 2 heterocycles. The third-order valence-corrected chi connectivity index (χ3v) is 4.55. The van der Waals surface area contributed by atoms with Crippen molar-refractivity contribution < 1.29 is 13.9 Å². The normalized spacial score (nSPS) is 14.6. The summed E-state index contributed by atoms with van der Waals surface area (Å²) >= 11 is 0. The van der Waals surface area contributed by atoms with Crippen LogP contribution in [0.25, 0.3) is 0 Å². The van der Waals surface area contributed by atoms with E-state index in [-0.39, 0.29) is 18.0 Å². The first kappa shape index (κ1) is 19.8. The lowest BCUT2D eigenvalue weighted by Crippen LogP contribution is -2.42. The highest BCUT2D eigenvalue weighted by atomic mass is 19.1. The fraction of sp³-hybridized carbons (Fsp3) is 0.474. The molecule has 1 aliphatic rings. The number of hydrogen-bond acceptors (Lipinski definition) is 7. The largest absolute Gasteiger partial charge is 0.450 e. The van der Waals surface area contributed by atoms with Crippen molar-refractivity contribution in [1.82, 2.24) is 20.1 Å². The quantitative estimate of drug-likeness (QED) is 0.753. The van der Waals surface area contributed by atoms with E-state index in [0.29, 0.717) is 38.0 Å². The number of amides is 1. The molecule has 2 aromatic rings. The highest BCUT2D eigenvalue weighted by Gasteiger charge is 2.24. The molecule has 0 radical (unpaired) electrons. The number of hydrogen-bond donors (Lipinski definition) is 2. The topological polar surface area (TPSA) is 92.3 Å². The number of aromatic nitrogens is 3. The highest BCUT2D eigenvalue weighted by molar-refractivity contribution is 5.67. The second kappa shape index (κ2) is 9.82. The predicted octanol–water partition coefficient (Wildman–Crippen LogP) is 2.70. The molecule has 1 amide bonds. The summed E-state index contributed by atoms with van der Waals surface area (Å²) in [6, 6.07) is 6.63. The molecule has 28 heavy (non-hydrogen) atoms. The Balaban J connectivity index is 1.44. The molecule has 0 atom stereocenters. The van der Waals surface area contributed by atoms with Gasteiger partial charge in [-0.15, -0.1) is 5.10 Å². The maximum Gasteiger partial charge on any atom is 0.409 e. The molecular weight excluding hydrogens is 363 g/mol. The van der Waals surface area contributed by atoms with Crippen molar-refractivity contribution in [2.45, 2.75) is 32.2 Å². The van der Waals surface area contributed by atoms with Crippen LogP contribution in [0.2, 0.25) is 0 Å². The molecule has 0 spiro atoms. The van der Waals surface area contributed by atoms with Crippen LogP contribution in [0.3, 0.4) is 0 Å². The summed E-state index contributed by atoms with van der Waals surface area (Å²) in [5, 5.41) is 14.5. The first-order valence-corrected chi connectivity index (χ1v) is 9.50. The summed E-state index contributed by atoms with van der Waals surface area (Å²) in [5.41, 5.74) is 1.04. The third kappa shape index (κ3) is 5.77.